The van der Waals surface area contributed by atoms with E-state index in [1.807, 2.05) is 26.8 Å². The van der Waals surface area contributed by atoms with Crippen LogP contribution in [0.15, 0.2) is 12.2 Å². The first-order chi connectivity index (χ1) is 7.54. The zero-order chi connectivity index (χ0) is 12.1. The van der Waals surface area contributed by atoms with Gasteiger partial charge < -0.3 is 0 Å². The Morgan fingerprint density at radius 3 is 2.50 bits per heavy atom. The maximum atomic E-state index is 5.81. The molecule has 0 saturated carbocycles. The molecule has 0 N–H and O–H groups in total. The van der Waals surface area contributed by atoms with Crippen LogP contribution >= 0.6 is 36.4 Å². The maximum Gasteiger partial charge on any atom is 0.173 e. The average Bonchev–Trinajstić information content (AvgIpc) is 2.28. The molecule has 0 aromatic heterocycles. The fourth-order valence-corrected chi connectivity index (χ4v) is 3.06. The molecule has 0 bridgehead atoms. The normalized spacial score (nSPS) is 37.2. The van der Waals surface area contributed by atoms with Crippen LogP contribution in [0.2, 0.25) is 0 Å². The number of rotatable bonds is 3. The second kappa shape index (κ2) is 6.56. The Bertz CT molecular complexity index is 249. The topological polar surface area (TPSA) is 27.7 Å². The molecule has 3 nitrogen and oxygen atoms in total. The Labute approximate surface area is 111 Å². The first kappa shape index (κ1) is 14.7. The van der Waals surface area contributed by atoms with E-state index in [0.717, 1.165) is 25.2 Å². The van der Waals surface area contributed by atoms with Crippen molar-refractivity contribution in [1.82, 2.24) is 0 Å². The van der Waals surface area contributed by atoms with Crippen LogP contribution in [0.3, 0.4) is 0 Å². The van der Waals surface area contributed by atoms with Gasteiger partial charge in [0.25, 0.3) is 0 Å². The van der Waals surface area contributed by atoms with Crippen molar-refractivity contribution in [2.24, 2.45) is 0 Å². The smallest absolute Gasteiger partial charge is 0.173 e. The zero-order valence-electron chi connectivity index (χ0n) is 10.0. The highest BCUT2D eigenvalue weighted by atomic mass is 32.2. The van der Waals surface area contributed by atoms with Gasteiger partial charge in [-0.05, 0) is 27.2 Å². The minimum Gasteiger partial charge on any atom is -0.293 e. The minimum atomic E-state index is -0.408. The summed E-state index contributed by atoms with van der Waals surface area (Å²) in [5.74, 6) is 0. The Morgan fingerprint density at radius 1 is 1.12 bits per heavy atom. The molecule has 1 aliphatic rings. The molecule has 94 valence electrons. The summed E-state index contributed by atoms with van der Waals surface area (Å²) in [4.78, 5) is -0.729. The maximum absolute atomic E-state index is 5.81. The van der Waals surface area contributed by atoms with Crippen molar-refractivity contribution in [2.75, 3.05) is 0 Å². The van der Waals surface area contributed by atoms with Gasteiger partial charge in [0.05, 0.1) is 0 Å². The van der Waals surface area contributed by atoms with E-state index in [1.54, 1.807) is 0 Å². The summed E-state index contributed by atoms with van der Waals surface area (Å²) in [6.45, 7) is 8.09. The second-order valence-electron chi connectivity index (χ2n) is 3.86. The molecule has 0 aromatic carbocycles. The minimum absolute atomic E-state index is 0.321. The van der Waals surface area contributed by atoms with Crippen LogP contribution < -0.4 is 0 Å². The van der Waals surface area contributed by atoms with Crippen molar-refractivity contribution in [2.45, 2.75) is 50.4 Å². The van der Waals surface area contributed by atoms with E-state index < -0.39 is 4.93 Å². The largest absolute Gasteiger partial charge is 0.293 e. The Balaban J connectivity index is 2.61. The molecule has 0 amide bonds. The van der Waals surface area contributed by atoms with E-state index in [4.69, 9.17) is 12.0 Å². The summed E-state index contributed by atoms with van der Waals surface area (Å²) in [6, 6.07) is 0. The van der Waals surface area contributed by atoms with Gasteiger partial charge in [0, 0.05) is 30.5 Å². The summed E-state index contributed by atoms with van der Waals surface area (Å²) in [5.41, 5.74) is 0. The SMILES string of the molecule is CC=CCC1(C)OSOSC(C)(CC)OS1. The molecule has 0 radical (unpaired) electrons. The molecule has 1 aliphatic heterocycles. The predicted molar refractivity (Wildman–Crippen MR) is 72.6 cm³/mol. The third kappa shape index (κ3) is 4.50. The van der Waals surface area contributed by atoms with Gasteiger partial charge >= 0.3 is 0 Å². The molecular weight excluding hydrogens is 264 g/mol. The van der Waals surface area contributed by atoms with E-state index in [9.17, 15) is 0 Å². The lowest BCUT2D eigenvalue weighted by atomic mass is 10.2. The molecule has 6 heteroatoms. The second-order valence-corrected chi connectivity index (χ2v) is 6.94. The van der Waals surface area contributed by atoms with E-state index >= 15 is 0 Å². The lowest BCUT2D eigenvalue weighted by Crippen LogP contribution is -2.29. The predicted octanol–water partition coefficient (Wildman–Crippen LogP) is 4.72. The summed E-state index contributed by atoms with van der Waals surface area (Å²) >= 11 is 3.71. The van der Waals surface area contributed by atoms with Crippen molar-refractivity contribution < 1.29 is 12.0 Å². The van der Waals surface area contributed by atoms with Gasteiger partial charge in [-0.3, -0.25) is 8.37 Å². The molecule has 1 rings (SSSR count). The molecule has 1 saturated heterocycles. The van der Waals surface area contributed by atoms with Gasteiger partial charge in [0.15, 0.2) is 22.2 Å². The van der Waals surface area contributed by atoms with Crippen molar-refractivity contribution >= 4 is 36.4 Å². The van der Waals surface area contributed by atoms with Gasteiger partial charge in [-0.15, -0.1) is 0 Å². The number of allylic oxidation sites excluding steroid dienone is 1. The molecule has 0 spiro atoms. The molecule has 2 atom stereocenters. The lowest BCUT2D eigenvalue weighted by Gasteiger charge is -2.34. The summed E-state index contributed by atoms with van der Waals surface area (Å²) in [5, 5.41) is 0. The van der Waals surface area contributed by atoms with Crippen LogP contribution in [0.25, 0.3) is 0 Å². The third-order valence-electron chi connectivity index (χ3n) is 2.21. The molecular formula is C10H18O3S3. The first-order valence-electron chi connectivity index (χ1n) is 5.22. The van der Waals surface area contributed by atoms with Crippen molar-refractivity contribution in [1.29, 1.82) is 0 Å². The van der Waals surface area contributed by atoms with Crippen LogP contribution in [-0.4, -0.2) is 9.87 Å². The molecule has 1 fully saturated rings. The van der Waals surface area contributed by atoms with E-state index in [-0.39, 0.29) is 4.93 Å². The molecule has 0 aliphatic carbocycles. The summed E-state index contributed by atoms with van der Waals surface area (Å²) in [6.07, 6.45) is 5.74. The average molecular weight is 282 g/mol. The van der Waals surface area contributed by atoms with Crippen LogP contribution in [-0.2, 0) is 12.0 Å². The Morgan fingerprint density at radius 2 is 1.88 bits per heavy atom. The number of hydrogen-bond acceptors (Lipinski definition) is 6. The fraction of sp³-hybridized carbons (Fsp3) is 0.800. The van der Waals surface area contributed by atoms with Crippen LogP contribution in [0, 0.1) is 0 Å². The number of hydrogen-bond donors (Lipinski definition) is 0. The Hall–Kier alpha value is 0.670. The van der Waals surface area contributed by atoms with E-state index in [0.29, 0.717) is 0 Å². The van der Waals surface area contributed by atoms with Crippen LogP contribution in [0.1, 0.15) is 40.5 Å². The van der Waals surface area contributed by atoms with Crippen LogP contribution in [0.4, 0.5) is 0 Å². The van der Waals surface area contributed by atoms with Gasteiger partial charge in [0.2, 0.25) is 0 Å². The summed E-state index contributed by atoms with van der Waals surface area (Å²) < 4.78 is 16.7. The molecule has 1 heterocycles. The fourth-order valence-electron chi connectivity index (χ4n) is 0.894. The van der Waals surface area contributed by atoms with Crippen molar-refractivity contribution in [3.63, 3.8) is 0 Å². The van der Waals surface area contributed by atoms with Crippen molar-refractivity contribution in [3.05, 3.63) is 12.2 Å². The van der Waals surface area contributed by atoms with E-state index in [2.05, 4.69) is 13.0 Å². The monoisotopic (exact) mass is 282 g/mol. The Kier molecular flexibility index (Phi) is 6.04. The molecule has 0 aromatic rings. The van der Waals surface area contributed by atoms with Gasteiger partial charge in [-0.2, -0.15) is 0 Å². The van der Waals surface area contributed by atoms with Crippen LogP contribution in [0.5, 0.6) is 0 Å². The molecule has 2 unspecified atom stereocenters. The van der Waals surface area contributed by atoms with Gasteiger partial charge in [-0.1, -0.05) is 19.1 Å². The quantitative estimate of drug-likeness (QED) is 0.549. The third-order valence-corrected chi connectivity index (χ3v) is 5.13. The standard InChI is InChI=1S/C10H18O3S3/c1-5-7-8-10(4)12-16-13-15-9(3,6-2)11-14-10/h5,7H,6,8H2,1-4H3. The summed E-state index contributed by atoms with van der Waals surface area (Å²) in [7, 11) is 0. The first-order valence-corrected chi connectivity index (χ1v) is 7.37. The van der Waals surface area contributed by atoms with E-state index in [1.165, 1.54) is 24.1 Å². The van der Waals surface area contributed by atoms with Gasteiger partial charge in [-0.25, -0.2) is 3.63 Å². The highest BCUT2D eigenvalue weighted by Crippen LogP contribution is 2.47. The highest BCUT2D eigenvalue weighted by Gasteiger charge is 2.36. The molecule has 16 heavy (non-hydrogen) atoms. The van der Waals surface area contributed by atoms with Gasteiger partial charge in [0.1, 0.15) is 0 Å². The van der Waals surface area contributed by atoms with Crippen molar-refractivity contribution in [3.8, 4) is 0 Å². The highest BCUT2D eigenvalue weighted by molar-refractivity contribution is 8.07. The lowest BCUT2D eigenvalue weighted by molar-refractivity contribution is 0.156. The zero-order valence-corrected chi connectivity index (χ0v) is 12.5.